The molecule has 0 saturated carbocycles. The van der Waals surface area contributed by atoms with Crippen LogP contribution in [0.25, 0.3) is 0 Å². The largest absolute Gasteiger partial charge is 0.389 e. The molecule has 5 nitrogen and oxygen atoms in total. The molecule has 0 saturated heterocycles. The Hall–Kier alpha value is -0.980. The minimum atomic E-state index is -0.602. The van der Waals surface area contributed by atoms with E-state index < -0.39 is 6.10 Å². The summed E-state index contributed by atoms with van der Waals surface area (Å²) in [5, 5.41) is 9.66. The van der Waals surface area contributed by atoms with Crippen molar-refractivity contribution in [3.63, 3.8) is 0 Å². The Balaban J connectivity index is 2.02. The maximum Gasteiger partial charge on any atom is 0.0933 e. The average molecular weight is 269 g/mol. The molecule has 0 bridgehead atoms. The highest BCUT2D eigenvalue weighted by molar-refractivity contribution is 5.13. The topological polar surface area (TPSA) is 60.0 Å². The van der Waals surface area contributed by atoms with E-state index in [4.69, 9.17) is 14.3 Å². The molecule has 1 rings (SSSR count). The van der Waals surface area contributed by atoms with Crippen LogP contribution in [0.2, 0.25) is 0 Å². The summed E-state index contributed by atoms with van der Waals surface area (Å²) >= 11 is 0. The molecule has 0 aromatic heterocycles. The van der Waals surface area contributed by atoms with Crippen LogP contribution in [0, 0.1) is 0 Å². The average Bonchev–Trinajstić information content (AvgIpc) is 2.43. The molecule has 0 heterocycles. The Bertz CT molecular complexity index is 320. The molecule has 0 spiro atoms. The van der Waals surface area contributed by atoms with Crippen molar-refractivity contribution >= 4 is 0 Å². The van der Waals surface area contributed by atoms with E-state index in [0.717, 1.165) is 5.56 Å². The van der Waals surface area contributed by atoms with Crippen molar-refractivity contribution in [2.75, 3.05) is 26.9 Å². The van der Waals surface area contributed by atoms with Crippen molar-refractivity contribution in [2.24, 2.45) is 0 Å². The fourth-order valence-corrected chi connectivity index (χ4v) is 1.48. The first kappa shape index (κ1) is 16.1. The standard InChI is InChI=1S/C14H23NO4/c1-12(9-17-2)18-11-14(16)8-15-19-10-13-6-4-3-5-7-13/h3-7,12,14-16H,8-11H2,1-2H3. The molecule has 19 heavy (non-hydrogen) atoms. The number of hydroxylamine groups is 1. The number of benzene rings is 1. The third kappa shape index (κ3) is 7.92. The molecule has 2 N–H and O–H groups in total. The van der Waals surface area contributed by atoms with Crippen LogP contribution in [0.4, 0.5) is 0 Å². The molecule has 1 aromatic rings. The molecule has 108 valence electrons. The zero-order valence-corrected chi connectivity index (χ0v) is 11.5. The van der Waals surface area contributed by atoms with E-state index in [-0.39, 0.29) is 12.7 Å². The monoisotopic (exact) mass is 269 g/mol. The first-order chi connectivity index (χ1) is 9.22. The van der Waals surface area contributed by atoms with Gasteiger partial charge in [0, 0.05) is 13.7 Å². The second kappa shape index (κ2) is 9.89. The van der Waals surface area contributed by atoms with E-state index in [1.54, 1.807) is 7.11 Å². The second-order valence-electron chi connectivity index (χ2n) is 4.38. The summed E-state index contributed by atoms with van der Waals surface area (Å²) in [7, 11) is 1.62. The summed E-state index contributed by atoms with van der Waals surface area (Å²) in [6, 6.07) is 9.83. The lowest BCUT2D eigenvalue weighted by Gasteiger charge is -2.16. The Kier molecular flexibility index (Phi) is 8.36. The summed E-state index contributed by atoms with van der Waals surface area (Å²) in [5.74, 6) is 0. The maximum atomic E-state index is 9.66. The quantitative estimate of drug-likeness (QED) is 0.492. The summed E-state index contributed by atoms with van der Waals surface area (Å²) in [6.45, 7) is 3.47. The number of rotatable bonds is 10. The normalized spacial score (nSPS) is 14.3. The van der Waals surface area contributed by atoms with Crippen LogP contribution in [0.3, 0.4) is 0 Å². The van der Waals surface area contributed by atoms with E-state index in [1.807, 2.05) is 37.3 Å². The van der Waals surface area contributed by atoms with E-state index in [2.05, 4.69) is 5.48 Å². The Morgan fingerprint density at radius 1 is 1.21 bits per heavy atom. The molecule has 0 aliphatic carbocycles. The van der Waals surface area contributed by atoms with E-state index >= 15 is 0 Å². The van der Waals surface area contributed by atoms with E-state index in [1.165, 1.54) is 0 Å². The Morgan fingerprint density at radius 3 is 2.63 bits per heavy atom. The molecule has 2 unspecified atom stereocenters. The number of methoxy groups -OCH3 is 1. The van der Waals surface area contributed by atoms with Crippen LogP contribution in [-0.4, -0.2) is 44.2 Å². The summed E-state index contributed by atoms with van der Waals surface area (Å²) in [5.41, 5.74) is 3.81. The van der Waals surface area contributed by atoms with Crippen molar-refractivity contribution in [1.82, 2.24) is 5.48 Å². The van der Waals surface area contributed by atoms with Crippen molar-refractivity contribution < 1.29 is 19.4 Å². The zero-order valence-electron chi connectivity index (χ0n) is 11.5. The smallest absolute Gasteiger partial charge is 0.0933 e. The highest BCUT2D eigenvalue weighted by Gasteiger charge is 2.07. The van der Waals surface area contributed by atoms with Gasteiger partial charge in [-0.2, -0.15) is 5.48 Å². The fourth-order valence-electron chi connectivity index (χ4n) is 1.48. The first-order valence-electron chi connectivity index (χ1n) is 6.39. The van der Waals surface area contributed by atoms with Gasteiger partial charge in [-0.15, -0.1) is 0 Å². The van der Waals surface area contributed by atoms with Gasteiger partial charge in [0.2, 0.25) is 0 Å². The fraction of sp³-hybridized carbons (Fsp3) is 0.571. The van der Waals surface area contributed by atoms with Gasteiger partial charge >= 0.3 is 0 Å². The van der Waals surface area contributed by atoms with Crippen molar-refractivity contribution in [2.45, 2.75) is 25.7 Å². The van der Waals surface area contributed by atoms with Crippen LogP contribution in [0.15, 0.2) is 30.3 Å². The Labute approximate surface area is 114 Å². The van der Waals surface area contributed by atoms with Crippen LogP contribution < -0.4 is 5.48 Å². The number of nitrogens with one attached hydrogen (secondary N) is 1. The molecular formula is C14H23NO4. The van der Waals surface area contributed by atoms with Crippen LogP contribution in [0.1, 0.15) is 12.5 Å². The molecule has 0 fully saturated rings. The molecule has 1 aromatic carbocycles. The predicted molar refractivity (Wildman–Crippen MR) is 72.5 cm³/mol. The predicted octanol–water partition coefficient (Wildman–Crippen LogP) is 1.12. The third-order valence-corrected chi connectivity index (χ3v) is 2.48. The first-order valence-corrected chi connectivity index (χ1v) is 6.39. The number of hydrogen-bond donors (Lipinski definition) is 2. The lowest BCUT2D eigenvalue weighted by atomic mass is 10.2. The highest BCUT2D eigenvalue weighted by atomic mass is 16.6. The molecule has 0 aliphatic rings. The second-order valence-corrected chi connectivity index (χ2v) is 4.38. The maximum absolute atomic E-state index is 9.66. The Morgan fingerprint density at radius 2 is 1.95 bits per heavy atom. The van der Waals surface area contributed by atoms with Crippen molar-refractivity contribution in [3.8, 4) is 0 Å². The highest BCUT2D eigenvalue weighted by Crippen LogP contribution is 1.99. The number of ether oxygens (including phenoxy) is 2. The third-order valence-electron chi connectivity index (χ3n) is 2.48. The summed E-state index contributed by atoms with van der Waals surface area (Å²) in [4.78, 5) is 5.25. The van der Waals surface area contributed by atoms with E-state index in [0.29, 0.717) is 19.8 Å². The SMILES string of the molecule is COCC(C)OCC(O)CNOCc1ccccc1. The lowest BCUT2D eigenvalue weighted by molar-refractivity contribution is -0.0514. The summed E-state index contributed by atoms with van der Waals surface area (Å²) < 4.78 is 10.3. The van der Waals surface area contributed by atoms with Crippen molar-refractivity contribution in [3.05, 3.63) is 35.9 Å². The van der Waals surface area contributed by atoms with Gasteiger partial charge in [0.1, 0.15) is 0 Å². The molecule has 0 aliphatic heterocycles. The van der Waals surface area contributed by atoms with Gasteiger partial charge in [-0.25, -0.2) is 0 Å². The van der Waals surface area contributed by atoms with Gasteiger partial charge < -0.3 is 14.6 Å². The molecule has 0 amide bonds. The molecule has 0 radical (unpaired) electrons. The molecule has 5 heteroatoms. The molecule has 2 atom stereocenters. The van der Waals surface area contributed by atoms with Gasteiger partial charge in [-0.3, -0.25) is 4.84 Å². The van der Waals surface area contributed by atoms with Gasteiger partial charge in [0.15, 0.2) is 0 Å². The minimum absolute atomic E-state index is 0.0233. The van der Waals surface area contributed by atoms with Gasteiger partial charge in [-0.05, 0) is 12.5 Å². The van der Waals surface area contributed by atoms with Crippen LogP contribution >= 0.6 is 0 Å². The summed E-state index contributed by atoms with van der Waals surface area (Å²) in [6.07, 6.45) is -0.625. The molecular weight excluding hydrogens is 246 g/mol. The van der Waals surface area contributed by atoms with Crippen LogP contribution in [0.5, 0.6) is 0 Å². The van der Waals surface area contributed by atoms with E-state index in [9.17, 15) is 5.11 Å². The lowest BCUT2D eigenvalue weighted by Crippen LogP contribution is -2.32. The van der Waals surface area contributed by atoms with Crippen molar-refractivity contribution in [1.29, 1.82) is 0 Å². The number of hydrogen-bond acceptors (Lipinski definition) is 5. The minimum Gasteiger partial charge on any atom is -0.389 e. The van der Waals surface area contributed by atoms with Gasteiger partial charge in [0.05, 0.1) is 32.0 Å². The zero-order chi connectivity index (χ0) is 13.9. The van der Waals surface area contributed by atoms with Gasteiger partial charge in [-0.1, -0.05) is 30.3 Å². The number of aliphatic hydroxyl groups excluding tert-OH is 1. The van der Waals surface area contributed by atoms with Gasteiger partial charge in [0.25, 0.3) is 0 Å². The number of aliphatic hydroxyl groups is 1. The van der Waals surface area contributed by atoms with Crippen LogP contribution in [-0.2, 0) is 20.9 Å².